The molecule has 0 heterocycles. The summed E-state index contributed by atoms with van der Waals surface area (Å²) >= 11 is 0. The maximum Gasteiger partial charge on any atom is 0.305 e. The molecule has 0 saturated carbocycles. The van der Waals surface area contributed by atoms with Crippen molar-refractivity contribution in [2.45, 2.75) is 39.4 Å². The lowest BCUT2D eigenvalue weighted by Gasteiger charge is -2.00. The molecule has 0 saturated heterocycles. The van der Waals surface area contributed by atoms with Crippen molar-refractivity contribution in [1.82, 2.24) is 0 Å². The largest absolute Gasteiger partial charge is 0.465 e. The van der Waals surface area contributed by atoms with Crippen LogP contribution in [0.1, 0.15) is 47.6 Å². The maximum absolute atomic E-state index is 11.1. The van der Waals surface area contributed by atoms with E-state index in [0.717, 1.165) is 0 Å². The lowest BCUT2D eigenvalue weighted by Crippen LogP contribution is -2.04. The van der Waals surface area contributed by atoms with Crippen molar-refractivity contribution < 1.29 is 17.8 Å². The summed E-state index contributed by atoms with van der Waals surface area (Å²) in [5.41, 5.74) is 0. The molecule has 2 heteroatoms. The summed E-state index contributed by atoms with van der Waals surface area (Å²) in [7, 11) is 0. The zero-order valence-electron chi connectivity index (χ0n) is 13.0. The van der Waals surface area contributed by atoms with Gasteiger partial charge in [0.2, 0.25) is 0 Å². The van der Waals surface area contributed by atoms with Gasteiger partial charge in [-0.3, -0.25) is 4.79 Å². The molecule has 12 heavy (non-hydrogen) atoms. The van der Waals surface area contributed by atoms with Crippen LogP contribution in [0.5, 0.6) is 0 Å². The third kappa shape index (κ3) is 7.32. The van der Waals surface area contributed by atoms with Gasteiger partial charge in [-0.05, 0) is 19.3 Å². The van der Waals surface area contributed by atoms with E-state index in [2.05, 4.69) is 0 Å². The Hall–Kier alpha value is -0.790. The molecule has 0 aliphatic carbocycles. The molecule has 0 aromatic rings. The van der Waals surface area contributed by atoms with Crippen LogP contribution < -0.4 is 0 Å². The molecule has 0 spiro atoms. The average Bonchev–Trinajstić information content (AvgIpc) is 2.17. The van der Waals surface area contributed by atoms with Gasteiger partial charge < -0.3 is 4.74 Å². The molecule has 0 aromatic heterocycles. The van der Waals surface area contributed by atoms with E-state index in [4.69, 9.17) is 13.0 Å². The Morgan fingerprint density at radius 2 is 2.42 bits per heavy atom. The third-order valence-corrected chi connectivity index (χ3v) is 1.16. The highest BCUT2D eigenvalue weighted by molar-refractivity contribution is 5.69. The molecule has 2 nitrogen and oxygen atoms in total. The maximum atomic E-state index is 11.1. The number of carbonyl (C=O) groups excluding carboxylic acids is 1. The number of hydrogen-bond acceptors (Lipinski definition) is 2. The second-order valence-electron chi connectivity index (χ2n) is 2.18. The molecule has 0 radical (unpaired) electrons. The predicted octanol–water partition coefficient (Wildman–Crippen LogP) is 2.69. The quantitative estimate of drug-likeness (QED) is 0.353. The minimum atomic E-state index is -2.11. The number of ether oxygens (including phenoxy) is 1. The van der Waals surface area contributed by atoms with Crippen molar-refractivity contribution >= 4 is 5.97 Å². The monoisotopic (exact) mass is 176 g/mol. The van der Waals surface area contributed by atoms with Gasteiger partial charge in [0.15, 0.2) is 0 Å². The van der Waals surface area contributed by atoms with Gasteiger partial charge in [-0.2, -0.15) is 0 Å². The molecular weight excluding hydrogens is 152 g/mol. The van der Waals surface area contributed by atoms with Gasteiger partial charge in [0.1, 0.15) is 0 Å². The van der Waals surface area contributed by atoms with Crippen LogP contribution in [0.25, 0.3) is 0 Å². The first-order valence-electron chi connectivity index (χ1n) is 6.91. The van der Waals surface area contributed by atoms with E-state index in [0.29, 0.717) is 6.42 Å². The zero-order chi connectivity index (χ0) is 14.2. The number of carbonyl (C=O) groups is 1. The summed E-state index contributed by atoms with van der Waals surface area (Å²) in [6, 6.07) is 0. The van der Waals surface area contributed by atoms with Crippen LogP contribution in [0.4, 0.5) is 0 Å². The predicted molar refractivity (Wildman–Crippen MR) is 49.9 cm³/mol. The molecule has 0 aliphatic heterocycles. The minimum absolute atomic E-state index is 0.0139. The second-order valence-corrected chi connectivity index (χ2v) is 2.18. The Morgan fingerprint density at radius 1 is 1.50 bits per heavy atom. The fraction of sp³-hybridized carbons (Fsp3) is 0.700. The molecular formula is C10H18O2. The van der Waals surface area contributed by atoms with Crippen molar-refractivity contribution in [2.24, 2.45) is 0 Å². The van der Waals surface area contributed by atoms with E-state index in [9.17, 15) is 4.79 Å². The van der Waals surface area contributed by atoms with Gasteiger partial charge in [0.25, 0.3) is 0 Å². The number of esters is 1. The Bertz CT molecular complexity index is 279. The number of hydrogen-bond donors (Lipinski definition) is 0. The van der Waals surface area contributed by atoms with Gasteiger partial charge in [0.05, 0.1) is 6.61 Å². The molecule has 0 unspecified atom stereocenters. The highest BCUT2D eigenvalue weighted by Gasteiger charge is 1.97. The molecule has 0 bridgehead atoms. The van der Waals surface area contributed by atoms with Crippen LogP contribution in [0.3, 0.4) is 0 Å². The van der Waals surface area contributed by atoms with Crippen LogP contribution in [-0.4, -0.2) is 12.6 Å². The van der Waals surface area contributed by atoms with Crippen LogP contribution in [0.2, 0.25) is 0 Å². The SMILES string of the molecule is [2H]C([2H])([2H])C/C=C\CCOC(=O)CCC([2H])([2H])[2H]. The Labute approximate surface area is 83.0 Å². The smallest absolute Gasteiger partial charge is 0.305 e. The molecule has 0 rings (SSSR count). The summed E-state index contributed by atoms with van der Waals surface area (Å²) in [6.07, 6.45) is 3.23. The molecule has 0 fully saturated rings. The first kappa shape index (κ1) is 4.45. The summed E-state index contributed by atoms with van der Waals surface area (Å²) in [5, 5.41) is 0. The molecule has 0 aliphatic rings. The topological polar surface area (TPSA) is 26.3 Å². The van der Waals surface area contributed by atoms with Crippen molar-refractivity contribution in [3.05, 3.63) is 12.2 Å². The van der Waals surface area contributed by atoms with Crippen LogP contribution in [0, 0.1) is 0 Å². The standard InChI is InChI=1S/C10H18O2/c1-3-5-6-7-9-12-10(11)8-4-2/h5-6H,3-4,7-9H2,1-2H3/b6-5-/i1D3,2D3. The normalized spacial score (nSPS) is 20.0. The Balaban J connectivity index is 3.58. The Morgan fingerprint density at radius 3 is 3.17 bits per heavy atom. The van der Waals surface area contributed by atoms with E-state index >= 15 is 0 Å². The van der Waals surface area contributed by atoms with Crippen LogP contribution >= 0.6 is 0 Å². The third-order valence-electron chi connectivity index (χ3n) is 1.16. The molecule has 0 N–H and O–H groups in total. The lowest BCUT2D eigenvalue weighted by molar-refractivity contribution is -0.143. The Kier molecular flexibility index (Phi) is 3.08. The number of rotatable bonds is 6. The molecule has 0 aromatic carbocycles. The molecule has 0 amide bonds. The summed E-state index contributed by atoms with van der Waals surface area (Å²) in [6.45, 7) is -3.96. The van der Waals surface area contributed by atoms with Crippen molar-refractivity contribution in [1.29, 1.82) is 0 Å². The van der Waals surface area contributed by atoms with E-state index < -0.39 is 19.7 Å². The van der Waals surface area contributed by atoms with E-state index in [1.165, 1.54) is 6.08 Å². The summed E-state index contributed by atoms with van der Waals surface area (Å²) < 4.78 is 46.3. The summed E-state index contributed by atoms with van der Waals surface area (Å²) in [4.78, 5) is 11.1. The van der Waals surface area contributed by atoms with Gasteiger partial charge in [-0.25, -0.2) is 0 Å². The van der Waals surface area contributed by atoms with Crippen molar-refractivity contribution in [3.8, 4) is 0 Å². The highest BCUT2D eigenvalue weighted by Crippen LogP contribution is 1.93. The van der Waals surface area contributed by atoms with Crippen molar-refractivity contribution in [2.75, 3.05) is 6.61 Å². The van der Waals surface area contributed by atoms with Gasteiger partial charge in [-0.1, -0.05) is 25.9 Å². The lowest BCUT2D eigenvalue weighted by atomic mass is 10.3. The van der Waals surface area contributed by atoms with Gasteiger partial charge in [0, 0.05) is 14.6 Å². The fourth-order valence-corrected chi connectivity index (χ4v) is 0.616. The highest BCUT2D eigenvalue weighted by atomic mass is 16.5. The molecule has 70 valence electrons. The van der Waals surface area contributed by atoms with Crippen molar-refractivity contribution in [3.63, 3.8) is 0 Å². The van der Waals surface area contributed by atoms with Crippen LogP contribution in [0.15, 0.2) is 12.2 Å². The number of allylic oxidation sites excluding steroid dienone is 1. The second kappa shape index (κ2) is 8.31. The summed E-state index contributed by atoms with van der Waals surface area (Å²) in [5.74, 6) is -0.546. The van der Waals surface area contributed by atoms with Crippen LogP contribution in [-0.2, 0) is 9.53 Å². The van der Waals surface area contributed by atoms with Gasteiger partial charge in [-0.15, -0.1) is 0 Å². The zero-order valence-corrected chi connectivity index (χ0v) is 7.01. The first-order valence-corrected chi connectivity index (χ1v) is 3.91. The van der Waals surface area contributed by atoms with E-state index in [1.807, 2.05) is 0 Å². The first-order chi connectivity index (χ1) is 8.10. The molecule has 0 atom stereocenters. The fourth-order valence-electron chi connectivity index (χ4n) is 0.616. The van der Waals surface area contributed by atoms with Gasteiger partial charge >= 0.3 is 5.97 Å². The van der Waals surface area contributed by atoms with E-state index in [1.54, 1.807) is 6.08 Å². The average molecular weight is 176 g/mol. The van der Waals surface area contributed by atoms with E-state index in [-0.39, 0.29) is 25.9 Å². The minimum Gasteiger partial charge on any atom is -0.465 e.